The molecule has 2 N–H and O–H groups in total. The van der Waals surface area contributed by atoms with E-state index >= 15 is 0 Å². The number of aliphatic hydroxyl groups is 1. The molecule has 16 heavy (non-hydrogen) atoms. The Bertz CT molecular complexity index is 361. The van der Waals surface area contributed by atoms with E-state index < -0.39 is 0 Å². The van der Waals surface area contributed by atoms with Gasteiger partial charge in [0.1, 0.15) is 0 Å². The monoisotopic (exact) mass is 221 g/mol. The molecule has 0 saturated heterocycles. The highest BCUT2D eigenvalue weighted by Crippen LogP contribution is 2.10. The number of carbonyl (C=O) groups is 1. The van der Waals surface area contributed by atoms with Crippen LogP contribution in [0.3, 0.4) is 0 Å². The highest BCUT2D eigenvalue weighted by molar-refractivity contribution is 5.75. The maximum absolute atomic E-state index is 11.3. The zero-order chi connectivity index (χ0) is 12.0. The predicted octanol–water partition coefficient (Wildman–Crippen LogP) is 1.69. The molecule has 0 heterocycles. The summed E-state index contributed by atoms with van der Waals surface area (Å²) in [6, 6.07) is 6.21. The van der Waals surface area contributed by atoms with Gasteiger partial charge in [0, 0.05) is 19.6 Å². The fraction of sp³-hybridized carbons (Fsp3) is 0.462. The van der Waals surface area contributed by atoms with Gasteiger partial charge in [-0.1, -0.05) is 23.8 Å². The van der Waals surface area contributed by atoms with Crippen molar-refractivity contribution in [2.75, 3.05) is 6.61 Å². The topological polar surface area (TPSA) is 49.3 Å². The average molecular weight is 221 g/mol. The second-order valence-corrected chi connectivity index (χ2v) is 4.03. The van der Waals surface area contributed by atoms with Crippen molar-refractivity contribution in [2.24, 2.45) is 0 Å². The first-order chi connectivity index (χ1) is 7.63. The zero-order valence-corrected chi connectivity index (χ0v) is 9.92. The molecule has 0 spiro atoms. The van der Waals surface area contributed by atoms with Crippen LogP contribution < -0.4 is 5.32 Å². The minimum atomic E-state index is -0.00467. The van der Waals surface area contributed by atoms with Crippen LogP contribution in [-0.4, -0.2) is 17.6 Å². The predicted molar refractivity (Wildman–Crippen MR) is 64.1 cm³/mol. The SMILES string of the molecule is Cc1ccc(C)c(CNC(=O)CCCO)c1. The highest BCUT2D eigenvalue weighted by Gasteiger charge is 2.02. The van der Waals surface area contributed by atoms with Crippen molar-refractivity contribution < 1.29 is 9.90 Å². The Morgan fingerprint density at radius 3 is 2.81 bits per heavy atom. The van der Waals surface area contributed by atoms with Gasteiger partial charge in [0.2, 0.25) is 5.91 Å². The number of aliphatic hydroxyl groups excluding tert-OH is 1. The molecule has 1 amide bonds. The molecule has 1 aromatic rings. The van der Waals surface area contributed by atoms with Crippen LogP contribution in [0.15, 0.2) is 18.2 Å². The van der Waals surface area contributed by atoms with E-state index in [4.69, 9.17) is 5.11 Å². The van der Waals surface area contributed by atoms with E-state index in [2.05, 4.69) is 23.5 Å². The number of benzene rings is 1. The first-order valence-electron chi connectivity index (χ1n) is 5.57. The van der Waals surface area contributed by atoms with Crippen molar-refractivity contribution in [3.8, 4) is 0 Å². The fourth-order valence-corrected chi connectivity index (χ4v) is 1.51. The Morgan fingerprint density at radius 1 is 1.38 bits per heavy atom. The molecular weight excluding hydrogens is 202 g/mol. The molecule has 1 aromatic carbocycles. The van der Waals surface area contributed by atoms with Crippen LogP contribution >= 0.6 is 0 Å². The van der Waals surface area contributed by atoms with Crippen LogP contribution in [-0.2, 0) is 11.3 Å². The fourth-order valence-electron chi connectivity index (χ4n) is 1.51. The summed E-state index contributed by atoms with van der Waals surface area (Å²) in [5.74, 6) is -0.00467. The zero-order valence-electron chi connectivity index (χ0n) is 9.92. The average Bonchev–Trinajstić information content (AvgIpc) is 2.27. The Morgan fingerprint density at radius 2 is 2.12 bits per heavy atom. The summed E-state index contributed by atoms with van der Waals surface area (Å²) in [4.78, 5) is 11.3. The highest BCUT2D eigenvalue weighted by atomic mass is 16.3. The van der Waals surface area contributed by atoms with E-state index in [9.17, 15) is 4.79 Å². The molecular formula is C13H19NO2. The Labute approximate surface area is 96.5 Å². The van der Waals surface area contributed by atoms with Crippen molar-refractivity contribution in [3.05, 3.63) is 34.9 Å². The maximum atomic E-state index is 11.3. The molecule has 0 fully saturated rings. The normalized spacial score (nSPS) is 10.2. The van der Waals surface area contributed by atoms with Gasteiger partial charge in [0.05, 0.1) is 0 Å². The second-order valence-electron chi connectivity index (χ2n) is 4.03. The number of amides is 1. The lowest BCUT2D eigenvalue weighted by Crippen LogP contribution is -2.23. The molecule has 3 heteroatoms. The lowest BCUT2D eigenvalue weighted by atomic mass is 10.1. The van der Waals surface area contributed by atoms with Crippen LogP contribution in [0.1, 0.15) is 29.5 Å². The van der Waals surface area contributed by atoms with Crippen molar-refractivity contribution in [1.29, 1.82) is 0 Å². The lowest BCUT2D eigenvalue weighted by Gasteiger charge is -2.08. The van der Waals surface area contributed by atoms with Gasteiger partial charge in [-0.15, -0.1) is 0 Å². The molecule has 0 aliphatic carbocycles. The molecule has 0 aromatic heterocycles. The smallest absolute Gasteiger partial charge is 0.220 e. The van der Waals surface area contributed by atoms with E-state index in [0.29, 0.717) is 19.4 Å². The number of rotatable bonds is 5. The van der Waals surface area contributed by atoms with E-state index in [1.165, 1.54) is 11.1 Å². The van der Waals surface area contributed by atoms with E-state index in [-0.39, 0.29) is 12.5 Å². The summed E-state index contributed by atoms with van der Waals surface area (Å²) in [7, 11) is 0. The Kier molecular flexibility index (Phi) is 4.99. The third-order valence-corrected chi connectivity index (χ3v) is 2.54. The number of aryl methyl sites for hydroxylation is 2. The summed E-state index contributed by atoms with van der Waals surface area (Å²) in [5, 5.41) is 11.5. The van der Waals surface area contributed by atoms with Crippen LogP contribution in [0.4, 0.5) is 0 Å². The van der Waals surface area contributed by atoms with Crippen molar-refractivity contribution in [1.82, 2.24) is 5.32 Å². The summed E-state index contributed by atoms with van der Waals surface area (Å²) >= 11 is 0. The number of hydrogen-bond donors (Lipinski definition) is 2. The van der Waals surface area contributed by atoms with E-state index in [1.807, 2.05) is 13.8 Å². The molecule has 0 aliphatic heterocycles. The van der Waals surface area contributed by atoms with Crippen molar-refractivity contribution in [2.45, 2.75) is 33.2 Å². The second kappa shape index (κ2) is 6.28. The van der Waals surface area contributed by atoms with Gasteiger partial charge in [-0.2, -0.15) is 0 Å². The quantitative estimate of drug-likeness (QED) is 0.795. The third-order valence-electron chi connectivity index (χ3n) is 2.54. The van der Waals surface area contributed by atoms with Gasteiger partial charge in [0.25, 0.3) is 0 Å². The standard InChI is InChI=1S/C13H19NO2/c1-10-5-6-11(2)12(8-10)9-14-13(16)4-3-7-15/h5-6,8,15H,3-4,7,9H2,1-2H3,(H,14,16). The maximum Gasteiger partial charge on any atom is 0.220 e. The van der Waals surface area contributed by atoms with Crippen LogP contribution in [0.25, 0.3) is 0 Å². The number of nitrogens with one attached hydrogen (secondary N) is 1. The first kappa shape index (κ1) is 12.7. The van der Waals surface area contributed by atoms with Gasteiger partial charge in [0.15, 0.2) is 0 Å². The van der Waals surface area contributed by atoms with Crippen LogP contribution in [0, 0.1) is 13.8 Å². The van der Waals surface area contributed by atoms with Gasteiger partial charge in [-0.05, 0) is 31.4 Å². The van der Waals surface area contributed by atoms with Gasteiger partial charge in [-0.25, -0.2) is 0 Å². The van der Waals surface area contributed by atoms with Crippen LogP contribution in [0.5, 0.6) is 0 Å². The van der Waals surface area contributed by atoms with Gasteiger partial charge >= 0.3 is 0 Å². The minimum Gasteiger partial charge on any atom is -0.396 e. The van der Waals surface area contributed by atoms with Crippen molar-refractivity contribution >= 4 is 5.91 Å². The molecule has 0 saturated carbocycles. The molecule has 0 unspecified atom stereocenters. The van der Waals surface area contributed by atoms with Crippen molar-refractivity contribution in [3.63, 3.8) is 0 Å². The molecule has 1 rings (SSSR count). The third kappa shape index (κ3) is 4.03. The Balaban J connectivity index is 2.47. The first-order valence-corrected chi connectivity index (χ1v) is 5.57. The molecule has 0 radical (unpaired) electrons. The van der Waals surface area contributed by atoms with Gasteiger partial charge in [-0.3, -0.25) is 4.79 Å². The minimum absolute atomic E-state index is 0.00467. The van der Waals surface area contributed by atoms with Gasteiger partial charge < -0.3 is 10.4 Å². The molecule has 0 atom stereocenters. The summed E-state index contributed by atoms with van der Waals surface area (Å²) in [6.45, 7) is 4.71. The largest absolute Gasteiger partial charge is 0.396 e. The number of hydrogen-bond acceptors (Lipinski definition) is 2. The number of carbonyl (C=O) groups excluding carboxylic acids is 1. The molecule has 88 valence electrons. The summed E-state index contributed by atoms with van der Waals surface area (Å²) < 4.78 is 0. The molecule has 3 nitrogen and oxygen atoms in total. The van der Waals surface area contributed by atoms with E-state index in [0.717, 1.165) is 5.56 Å². The Hall–Kier alpha value is -1.35. The summed E-state index contributed by atoms with van der Waals surface area (Å²) in [6.07, 6.45) is 0.917. The lowest BCUT2D eigenvalue weighted by molar-refractivity contribution is -0.121. The van der Waals surface area contributed by atoms with E-state index in [1.54, 1.807) is 0 Å². The molecule has 0 bridgehead atoms. The van der Waals surface area contributed by atoms with Crippen LogP contribution in [0.2, 0.25) is 0 Å². The molecule has 0 aliphatic rings. The summed E-state index contributed by atoms with van der Waals surface area (Å²) in [5.41, 5.74) is 3.54.